The number of carbonyl (C=O) groups is 1. The number of hydrogen-bond donors (Lipinski definition) is 7. The number of rotatable bonds is 6. The Bertz CT molecular complexity index is 588. The van der Waals surface area contributed by atoms with Crippen LogP contribution in [0.15, 0.2) is 5.11 Å². The van der Waals surface area contributed by atoms with Crippen molar-refractivity contribution < 1.29 is 49.6 Å². The van der Waals surface area contributed by atoms with E-state index in [0.29, 0.717) is 0 Å². The van der Waals surface area contributed by atoms with Crippen LogP contribution in [-0.4, -0.2) is 111 Å². The molecule has 1 amide bonds. The zero-order valence-electron chi connectivity index (χ0n) is 14.8. The molecule has 14 heteroatoms. The van der Waals surface area contributed by atoms with Crippen molar-refractivity contribution in [1.82, 2.24) is 5.32 Å². The molecule has 0 aromatic rings. The molecule has 0 aliphatic carbocycles. The molecule has 2 aliphatic rings. The minimum absolute atomic E-state index is 0.570. The van der Waals surface area contributed by atoms with Crippen molar-refractivity contribution in [2.75, 3.05) is 13.2 Å². The lowest BCUT2D eigenvalue weighted by atomic mass is 9.95. The van der Waals surface area contributed by atoms with Gasteiger partial charge in [0.15, 0.2) is 12.5 Å². The van der Waals surface area contributed by atoms with Gasteiger partial charge in [-0.05, 0) is 5.53 Å². The van der Waals surface area contributed by atoms with Gasteiger partial charge in [0.05, 0.1) is 19.3 Å². The predicted octanol–water partition coefficient (Wildman–Crippen LogP) is -3.94. The average Bonchev–Trinajstić information content (AvgIpc) is 2.66. The molecule has 7 N–H and O–H groups in total. The summed E-state index contributed by atoms with van der Waals surface area (Å²) in [6.45, 7) is -0.222. The van der Waals surface area contributed by atoms with E-state index in [1.54, 1.807) is 0 Å². The first kappa shape index (κ1) is 22.7. The number of azide groups is 1. The maximum absolute atomic E-state index is 11.4. The summed E-state index contributed by atoms with van der Waals surface area (Å²) in [6.07, 6.45) is -13.5. The van der Waals surface area contributed by atoms with Gasteiger partial charge < -0.3 is 50.2 Å². The van der Waals surface area contributed by atoms with E-state index in [-0.39, 0.29) is 0 Å². The van der Waals surface area contributed by atoms with Crippen LogP contribution in [0.3, 0.4) is 0 Å². The van der Waals surface area contributed by atoms with E-state index in [9.17, 15) is 35.4 Å². The number of nitrogens with one attached hydrogen (secondary N) is 1. The summed E-state index contributed by atoms with van der Waals surface area (Å²) < 4.78 is 16.1. The molecule has 14 nitrogen and oxygen atoms in total. The number of carbonyl (C=O) groups excluding carboxylic acids is 1. The lowest BCUT2D eigenvalue weighted by Gasteiger charge is -2.46. The van der Waals surface area contributed by atoms with Crippen molar-refractivity contribution in [3.05, 3.63) is 10.4 Å². The molecule has 2 aliphatic heterocycles. The molecule has 160 valence electrons. The second-order valence-electron chi connectivity index (χ2n) is 6.47. The summed E-state index contributed by atoms with van der Waals surface area (Å²) in [4.78, 5) is 14.0. The predicted molar refractivity (Wildman–Crippen MR) is 87.1 cm³/mol. The van der Waals surface area contributed by atoms with Crippen molar-refractivity contribution in [2.24, 2.45) is 5.11 Å². The zero-order chi connectivity index (χ0) is 21.0. The Morgan fingerprint density at radius 1 is 1.07 bits per heavy atom. The van der Waals surface area contributed by atoms with Gasteiger partial charge in [0.25, 0.3) is 0 Å². The van der Waals surface area contributed by atoms with Gasteiger partial charge in [-0.15, -0.1) is 0 Å². The van der Waals surface area contributed by atoms with Crippen LogP contribution >= 0.6 is 0 Å². The number of aliphatic hydroxyl groups is 6. The summed E-state index contributed by atoms with van der Waals surface area (Å²) in [6, 6.07) is -1.24. The minimum Gasteiger partial charge on any atom is -0.394 e. The zero-order valence-corrected chi connectivity index (χ0v) is 14.8. The Hall–Kier alpha value is -1.58. The summed E-state index contributed by atoms with van der Waals surface area (Å²) in [5.41, 5.74) is 8.65. The minimum atomic E-state index is -1.75. The van der Waals surface area contributed by atoms with Gasteiger partial charge in [-0.1, -0.05) is 5.11 Å². The molecule has 0 unspecified atom stereocenters. The van der Waals surface area contributed by atoms with Crippen LogP contribution in [0.2, 0.25) is 0 Å². The highest BCUT2D eigenvalue weighted by Gasteiger charge is 2.50. The molecule has 2 heterocycles. The number of hydrogen-bond acceptors (Lipinski definition) is 11. The van der Waals surface area contributed by atoms with Crippen LogP contribution in [0.1, 0.15) is 6.92 Å². The monoisotopic (exact) mass is 408 g/mol. The standard InChI is InChI=1S/C14H24N4O10/c1-4(21)16-7-9(23)12(6(3-20)26-13(7)17-18-15)28-14-11(25)10(24)8(22)5(2-19)27-14/h5-14,19-20,22-25H,2-3H2,1H3,(H,16,21)/t5-,6-,7-,8+,9-,10+,11-,12-,13-,14+/m1/s1. The summed E-state index contributed by atoms with van der Waals surface area (Å²) in [7, 11) is 0. The molecule has 2 rings (SSSR count). The van der Waals surface area contributed by atoms with Crippen LogP contribution in [0.25, 0.3) is 10.4 Å². The van der Waals surface area contributed by atoms with Crippen LogP contribution in [0.5, 0.6) is 0 Å². The highest BCUT2D eigenvalue weighted by molar-refractivity contribution is 5.73. The van der Waals surface area contributed by atoms with Crippen LogP contribution in [0.4, 0.5) is 0 Å². The number of ether oxygens (including phenoxy) is 3. The summed E-state index contributed by atoms with van der Waals surface area (Å²) in [5.74, 6) is -0.570. The second kappa shape index (κ2) is 9.76. The molecule has 2 saturated heterocycles. The van der Waals surface area contributed by atoms with Gasteiger partial charge in [-0.3, -0.25) is 4.79 Å². The van der Waals surface area contributed by atoms with Gasteiger partial charge in [-0.2, -0.15) is 0 Å². The third kappa shape index (κ3) is 4.69. The molecule has 0 spiro atoms. The van der Waals surface area contributed by atoms with E-state index in [1.165, 1.54) is 0 Å². The molecule has 10 atom stereocenters. The highest BCUT2D eigenvalue weighted by atomic mass is 16.7. The molecule has 0 radical (unpaired) electrons. The Balaban J connectivity index is 2.23. The smallest absolute Gasteiger partial charge is 0.217 e. The molecule has 0 bridgehead atoms. The molecule has 0 aromatic carbocycles. The van der Waals surface area contributed by atoms with E-state index in [0.717, 1.165) is 6.92 Å². The van der Waals surface area contributed by atoms with Gasteiger partial charge in [0.2, 0.25) is 5.91 Å². The maximum atomic E-state index is 11.4. The van der Waals surface area contributed by atoms with Crippen molar-refractivity contribution in [3.8, 4) is 0 Å². The SMILES string of the molecule is CC(=O)N[C@@H]1[C@@H](O)[C@H](O[C@@H]2O[C@H](CO)[C@H](O)[C@H](O)[C@H]2O)[C@@H](CO)O[C@H]1N=[N+]=[N-]. The van der Waals surface area contributed by atoms with E-state index in [2.05, 4.69) is 15.3 Å². The molecule has 28 heavy (non-hydrogen) atoms. The third-order valence-corrected chi connectivity index (χ3v) is 4.55. The van der Waals surface area contributed by atoms with Crippen molar-refractivity contribution in [2.45, 2.75) is 68.2 Å². The van der Waals surface area contributed by atoms with E-state index in [4.69, 9.17) is 19.7 Å². The highest BCUT2D eigenvalue weighted by Crippen LogP contribution is 2.29. The fraction of sp³-hybridized carbons (Fsp3) is 0.929. The summed E-state index contributed by atoms with van der Waals surface area (Å²) in [5, 5.41) is 64.8. The van der Waals surface area contributed by atoms with Gasteiger partial charge in [0, 0.05) is 11.8 Å². The Labute approximate surface area is 158 Å². The number of nitrogens with zero attached hydrogens (tertiary/aromatic N) is 3. The second-order valence-corrected chi connectivity index (χ2v) is 6.47. The quantitative estimate of drug-likeness (QED) is 0.128. The number of amides is 1. The van der Waals surface area contributed by atoms with Gasteiger partial charge >= 0.3 is 0 Å². The Morgan fingerprint density at radius 2 is 1.71 bits per heavy atom. The maximum Gasteiger partial charge on any atom is 0.217 e. The first-order valence-electron chi connectivity index (χ1n) is 8.46. The third-order valence-electron chi connectivity index (χ3n) is 4.55. The largest absolute Gasteiger partial charge is 0.394 e. The van der Waals surface area contributed by atoms with Crippen molar-refractivity contribution >= 4 is 5.91 Å². The molecule has 0 saturated carbocycles. The van der Waals surface area contributed by atoms with Crippen LogP contribution < -0.4 is 5.32 Å². The lowest BCUT2D eigenvalue weighted by molar-refractivity contribution is -0.335. The van der Waals surface area contributed by atoms with Crippen molar-refractivity contribution in [3.63, 3.8) is 0 Å². The van der Waals surface area contributed by atoms with Gasteiger partial charge in [0.1, 0.15) is 42.7 Å². The first-order valence-corrected chi connectivity index (χ1v) is 8.46. The van der Waals surface area contributed by atoms with Gasteiger partial charge in [-0.25, -0.2) is 0 Å². The summed E-state index contributed by atoms with van der Waals surface area (Å²) >= 11 is 0. The van der Waals surface area contributed by atoms with Crippen molar-refractivity contribution in [1.29, 1.82) is 0 Å². The fourth-order valence-electron chi connectivity index (χ4n) is 3.13. The topological polar surface area (TPSA) is 227 Å². The van der Waals surface area contributed by atoms with E-state index in [1.807, 2.05) is 0 Å². The fourth-order valence-corrected chi connectivity index (χ4v) is 3.13. The first-order chi connectivity index (χ1) is 13.2. The molecule has 2 fully saturated rings. The van der Waals surface area contributed by atoms with E-state index >= 15 is 0 Å². The Morgan fingerprint density at radius 3 is 2.25 bits per heavy atom. The van der Waals surface area contributed by atoms with Crippen LogP contribution in [0, 0.1) is 0 Å². The van der Waals surface area contributed by atoms with E-state index < -0.39 is 80.4 Å². The normalized spacial score (nSPS) is 43.8. The van der Waals surface area contributed by atoms with Crippen LogP contribution in [-0.2, 0) is 19.0 Å². The number of aliphatic hydroxyl groups excluding tert-OH is 6. The molecular weight excluding hydrogens is 384 g/mol. The Kier molecular flexibility index (Phi) is 7.91. The average molecular weight is 408 g/mol. The lowest BCUT2D eigenvalue weighted by Crippen LogP contribution is -2.66. The molecule has 0 aromatic heterocycles. The molecular formula is C14H24N4O10.